The van der Waals surface area contributed by atoms with Gasteiger partial charge >= 0.3 is 0 Å². The van der Waals surface area contributed by atoms with Crippen LogP contribution in [0, 0.1) is 5.92 Å². The first kappa shape index (κ1) is 10.8. The van der Waals surface area contributed by atoms with Crippen molar-refractivity contribution in [2.75, 3.05) is 0 Å². The number of carbonyl (C=O) groups is 1. The Morgan fingerprint density at radius 2 is 2.14 bits per heavy atom. The molecular formula is C11H18N2O. The molecule has 1 aromatic rings. The molecule has 78 valence electrons. The molecule has 0 spiro atoms. The van der Waals surface area contributed by atoms with Gasteiger partial charge in [-0.2, -0.15) is 0 Å². The van der Waals surface area contributed by atoms with Crippen LogP contribution in [0.1, 0.15) is 43.1 Å². The minimum Gasteiger partial charge on any atom is -0.364 e. The van der Waals surface area contributed by atoms with E-state index in [4.69, 9.17) is 5.73 Å². The predicted molar refractivity (Wildman–Crippen MR) is 56.9 cm³/mol. The first-order chi connectivity index (χ1) is 6.70. The number of rotatable bonds is 1. The van der Waals surface area contributed by atoms with Gasteiger partial charge in [-0.25, -0.2) is 0 Å². The molecule has 1 aliphatic carbocycles. The lowest BCUT2D eigenvalue weighted by Gasteiger charge is -1.91. The summed E-state index contributed by atoms with van der Waals surface area (Å²) < 4.78 is 0. The molecule has 3 heteroatoms. The summed E-state index contributed by atoms with van der Waals surface area (Å²) in [7, 11) is 0. The summed E-state index contributed by atoms with van der Waals surface area (Å²) in [5.41, 5.74) is 5.34. The van der Waals surface area contributed by atoms with E-state index in [1.165, 1.54) is 25.7 Å². The van der Waals surface area contributed by atoms with E-state index in [1.54, 1.807) is 18.3 Å². The van der Waals surface area contributed by atoms with Crippen LogP contribution in [-0.2, 0) is 0 Å². The molecule has 1 heterocycles. The highest BCUT2D eigenvalue weighted by Gasteiger charge is 2.07. The quantitative estimate of drug-likeness (QED) is 0.708. The van der Waals surface area contributed by atoms with Crippen molar-refractivity contribution >= 4 is 5.91 Å². The van der Waals surface area contributed by atoms with Gasteiger partial charge in [-0.3, -0.25) is 4.79 Å². The number of nitrogens with one attached hydrogen (secondary N) is 1. The molecule has 14 heavy (non-hydrogen) atoms. The highest BCUT2D eigenvalue weighted by Crippen LogP contribution is 2.22. The molecule has 2 rings (SSSR count). The van der Waals surface area contributed by atoms with E-state index >= 15 is 0 Å². The van der Waals surface area contributed by atoms with Crippen LogP contribution in [0.4, 0.5) is 0 Å². The third-order valence-electron chi connectivity index (χ3n) is 2.51. The van der Waals surface area contributed by atoms with Crippen LogP contribution in [0.25, 0.3) is 0 Å². The lowest BCUT2D eigenvalue weighted by atomic mass is 10.2. The fourth-order valence-corrected chi connectivity index (χ4v) is 1.61. The van der Waals surface area contributed by atoms with Gasteiger partial charge in [0.1, 0.15) is 5.69 Å². The summed E-state index contributed by atoms with van der Waals surface area (Å²) >= 11 is 0. The van der Waals surface area contributed by atoms with Crippen LogP contribution < -0.4 is 5.73 Å². The minimum absolute atomic E-state index is 0.421. The molecule has 1 fully saturated rings. The Kier molecular flexibility index (Phi) is 4.23. The summed E-state index contributed by atoms with van der Waals surface area (Å²) in [4.78, 5) is 12.9. The Balaban J connectivity index is 0.000000146. The van der Waals surface area contributed by atoms with Crippen LogP contribution in [0.2, 0.25) is 0 Å². The maximum Gasteiger partial charge on any atom is 0.265 e. The monoisotopic (exact) mass is 194 g/mol. The van der Waals surface area contributed by atoms with Gasteiger partial charge < -0.3 is 10.7 Å². The fraction of sp³-hybridized carbons (Fsp3) is 0.545. The predicted octanol–water partition coefficient (Wildman–Crippen LogP) is 2.31. The molecule has 0 aliphatic heterocycles. The van der Waals surface area contributed by atoms with Crippen molar-refractivity contribution in [1.29, 1.82) is 0 Å². The summed E-state index contributed by atoms with van der Waals surface area (Å²) in [6.07, 6.45) is 7.60. The lowest BCUT2D eigenvalue weighted by Crippen LogP contribution is -2.10. The molecule has 1 aromatic heterocycles. The van der Waals surface area contributed by atoms with Crippen LogP contribution in [0.5, 0.6) is 0 Å². The van der Waals surface area contributed by atoms with E-state index in [0.717, 1.165) is 5.92 Å². The van der Waals surface area contributed by atoms with E-state index in [-0.39, 0.29) is 0 Å². The average Bonchev–Trinajstić information content (AvgIpc) is 2.75. The van der Waals surface area contributed by atoms with Gasteiger partial charge in [0.15, 0.2) is 0 Å². The average molecular weight is 194 g/mol. The largest absolute Gasteiger partial charge is 0.364 e. The van der Waals surface area contributed by atoms with E-state index in [0.29, 0.717) is 5.69 Å². The molecule has 0 saturated heterocycles. The summed E-state index contributed by atoms with van der Waals surface area (Å²) in [5.74, 6) is 0.625. The van der Waals surface area contributed by atoms with Gasteiger partial charge in [0.05, 0.1) is 0 Å². The SMILES string of the molecule is CC1CCCC1.NC(=O)c1ccc[nH]1. The summed E-state index contributed by atoms with van der Waals surface area (Å²) in [5, 5.41) is 0. The number of carbonyl (C=O) groups excluding carboxylic acids is 1. The van der Waals surface area contributed by atoms with Gasteiger partial charge in [-0.05, 0) is 18.1 Å². The Bertz CT molecular complexity index is 261. The van der Waals surface area contributed by atoms with E-state index in [1.807, 2.05) is 0 Å². The highest BCUT2D eigenvalue weighted by molar-refractivity contribution is 5.90. The molecule has 3 nitrogen and oxygen atoms in total. The Hall–Kier alpha value is -1.25. The van der Waals surface area contributed by atoms with E-state index in [2.05, 4.69) is 11.9 Å². The van der Waals surface area contributed by atoms with Gasteiger partial charge in [-0.15, -0.1) is 0 Å². The molecule has 1 saturated carbocycles. The number of hydrogen-bond donors (Lipinski definition) is 2. The van der Waals surface area contributed by atoms with Crippen molar-refractivity contribution in [3.8, 4) is 0 Å². The number of aromatic amines is 1. The molecule has 3 N–H and O–H groups in total. The molecule has 1 aliphatic rings. The maximum atomic E-state index is 10.3. The number of primary amides is 1. The van der Waals surface area contributed by atoms with Gasteiger partial charge in [-0.1, -0.05) is 32.6 Å². The second-order valence-electron chi connectivity index (χ2n) is 3.84. The highest BCUT2D eigenvalue weighted by atomic mass is 16.1. The zero-order valence-electron chi connectivity index (χ0n) is 8.62. The van der Waals surface area contributed by atoms with Gasteiger partial charge in [0.25, 0.3) is 5.91 Å². The van der Waals surface area contributed by atoms with Crippen LogP contribution in [0.3, 0.4) is 0 Å². The molecule has 1 amide bonds. The summed E-state index contributed by atoms with van der Waals surface area (Å²) in [6.45, 7) is 2.34. The summed E-state index contributed by atoms with van der Waals surface area (Å²) in [6, 6.07) is 3.35. The third kappa shape index (κ3) is 3.64. The number of hydrogen-bond acceptors (Lipinski definition) is 1. The van der Waals surface area contributed by atoms with E-state index in [9.17, 15) is 4.79 Å². The third-order valence-corrected chi connectivity index (χ3v) is 2.51. The smallest absolute Gasteiger partial charge is 0.265 e. The number of amides is 1. The maximum absolute atomic E-state index is 10.3. The van der Waals surface area contributed by atoms with Crippen LogP contribution >= 0.6 is 0 Å². The number of aromatic nitrogens is 1. The first-order valence-corrected chi connectivity index (χ1v) is 5.13. The Morgan fingerprint density at radius 1 is 1.50 bits per heavy atom. The molecule has 0 aromatic carbocycles. The second-order valence-corrected chi connectivity index (χ2v) is 3.84. The van der Waals surface area contributed by atoms with Gasteiger partial charge in [0, 0.05) is 6.20 Å². The Labute approximate surface area is 84.7 Å². The lowest BCUT2D eigenvalue weighted by molar-refractivity contribution is 0.0996. The van der Waals surface area contributed by atoms with Crippen molar-refractivity contribution < 1.29 is 4.79 Å². The number of nitrogens with two attached hydrogens (primary N) is 1. The van der Waals surface area contributed by atoms with Crippen molar-refractivity contribution in [3.63, 3.8) is 0 Å². The minimum atomic E-state index is -0.421. The normalized spacial score (nSPS) is 16.1. The van der Waals surface area contributed by atoms with Crippen molar-refractivity contribution in [1.82, 2.24) is 4.98 Å². The molecule has 0 unspecified atom stereocenters. The second kappa shape index (κ2) is 5.47. The van der Waals surface area contributed by atoms with Crippen molar-refractivity contribution in [2.24, 2.45) is 11.7 Å². The Morgan fingerprint density at radius 3 is 2.36 bits per heavy atom. The van der Waals surface area contributed by atoms with Crippen LogP contribution in [0.15, 0.2) is 18.3 Å². The number of H-pyrrole nitrogens is 1. The zero-order valence-corrected chi connectivity index (χ0v) is 8.62. The molecule has 0 bridgehead atoms. The fourth-order valence-electron chi connectivity index (χ4n) is 1.61. The van der Waals surface area contributed by atoms with Crippen molar-refractivity contribution in [3.05, 3.63) is 24.0 Å². The van der Waals surface area contributed by atoms with E-state index < -0.39 is 5.91 Å². The standard InChI is InChI=1S/C6H12.C5H6N2O/c1-6-4-2-3-5-6;6-5(8)4-2-1-3-7-4/h6H,2-5H2,1H3;1-3,7H,(H2,6,8). The topological polar surface area (TPSA) is 58.9 Å². The van der Waals surface area contributed by atoms with Crippen molar-refractivity contribution in [2.45, 2.75) is 32.6 Å². The van der Waals surface area contributed by atoms with Crippen LogP contribution in [-0.4, -0.2) is 10.9 Å². The molecular weight excluding hydrogens is 176 g/mol. The molecule has 0 radical (unpaired) electrons. The molecule has 0 atom stereocenters. The van der Waals surface area contributed by atoms with Gasteiger partial charge in [0.2, 0.25) is 0 Å². The zero-order chi connectivity index (χ0) is 10.4. The first-order valence-electron chi connectivity index (χ1n) is 5.13.